The molecule has 0 bridgehead atoms. The van der Waals surface area contributed by atoms with Crippen LogP contribution >= 0.6 is 11.8 Å². The van der Waals surface area contributed by atoms with Gasteiger partial charge in [-0.25, -0.2) is 4.98 Å². The van der Waals surface area contributed by atoms with Gasteiger partial charge in [-0.2, -0.15) is 0 Å². The summed E-state index contributed by atoms with van der Waals surface area (Å²) < 4.78 is 2.20. The molecule has 154 valence electrons. The van der Waals surface area contributed by atoms with Crippen molar-refractivity contribution in [3.8, 4) is 0 Å². The van der Waals surface area contributed by atoms with Gasteiger partial charge in [-0.05, 0) is 47.9 Å². The third-order valence-electron chi connectivity index (χ3n) is 5.47. The van der Waals surface area contributed by atoms with Crippen LogP contribution in [-0.4, -0.2) is 27.0 Å². The highest BCUT2D eigenvalue weighted by Crippen LogP contribution is 2.27. The molecule has 1 aliphatic heterocycles. The highest BCUT2D eigenvalue weighted by atomic mass is 32.2. The van der Waals surface area contributed by atoms with Crippen molar-refractivity contribution < 1.29 is 9.59 Å². The molecular weight excluding hydrogens is 406 g/mol. The normalized spacial score (nSPS) is 12.7. The van der Waals surface area contributed by atoms with Gasteiger partial charge < -0.3 is 9.88 Å². The van der Waals surface area contributed by atoms with Crippen molar-refractivity contribution in [1.29, 1.82) is 0 Å². The summed E-state index contributed by atoms with van der Waals surface area (Å²) in [5.74, 6) is 0.310. The predicted molar refractivity (Wildman–Crippen MR) is 124 cm³/mol. The monoisotopic (exact) mass is 427 g/mol. The van der Waals surface area contributed by atoms with Gasteiger partial charge in [-0.15, -0.1) is 0 Å². The maximum absolute atomic E-state index is 12.8. The van der Waals surface area contributed by atoms with E-state index in [9.17, 15) is 9.59 Å². The molecule has 0 atom stereocenters. The molecule has 0 unspecified atom stereocenters. The molecule has 0 spiro atoms. The Hall–Kier alpha value is -3.38. The summed E-state index contributed by atoms with van der Waals surface area (Å²) >= 11 is 1.46. The molecule has 5 rings (SSSR count). The highest BCUT2D eigenvalue weighted by Gasteiger charge is 2.20. The van der Waals surface area contributed by atoms with Crippen LogP contribution < -0.4 is 5.32 Å². The molecule has 1 aromatic heterocycles. The smallest absolute Gasteiger partial charge is 0.228 e. The molecule has 0 aliphatic carbocycles. The van der Waals surface area contributed by atoms with E-state index in [1.165, 1.54) is 17.3 Å². The Morgan fingerprint density at radius 3 is 2.71 bits per heavy atom. The molecule has 5 nitrogen and oxygen atoms in total. The SMILES string of the molecule is O=C1Cc2cc(C(=O)CSc3nc4ccccc4n3CCc3ccccc3)ccc2N1. The summed E-state index contributed by atoms with van der Waals surface area (Å²) in [4.78, 5) is 29.2. The number of fused-ring (bicyclic) bond motifs is 2. The van der Waals surface area contributed by atoms with Crippen molar-refractivity contribution in [1.82, 2.24) is 9.55 Å². The molecule has 0 fully saturated rings. The van der Waals surface area contributed by atoms with Crippen molar-refractivity contribution in [2.45, 2.75) is 24.5 Å². The van der Waals surface area contributed by atoms with E-state index in [1.807, 2.05) is 36.4 Å². The maximum atomic E-state index is 12.8. The lowest BCUT2D eigenvalue weighted by Gasteiger charge is -2.09. The number of para-hydroxylation sites is 2. The van der Waals surface area contributed by atoms with Crippen LogP contribution in [0.3, 0.4) is 0 Å². The number of amides is 1. The van der Waals surface area contributed by atoms with Gasteiger partial charge in [0.2, 0.25) is 5.91 Å². The van der Waals surface area contributed by atoms with Crippen LogP contribution in [-0.2, 0) is 24.2 Å². The Morgan fingerprint density at radius 1 is 1.03 bits per heavy atom. The number of Topliss-reactive ketones (excluding diaryl/α,β-unsaturated/α-hetero) is 1. The number of hydrogen-bond acceptors (Lipinski definition) is 4. The van der Waals surface area contributed by atoms with Crippen molar-refractivity contribution >= 4 is 40.2 Å². The zero-order valence-electron chi connectivity index (χ0n) is 16.9. The fourth-order valence-corrected chi connectivity index (χ4v) is 4.82. The standard InChI is InChI=1S/C25H21N3O2S/c29-23(18-10-11-20-19(14-18)15-24(30)26-20)16-31-25-27-21-8-4-5-9-22(21)28(25)13-12-17-6-2-1-3-7-17/h1-11,14H,12-13,15-16H2,(H,26,30). The first-order chi connectivity index (χ1) is 15.2. The zero-order chi connectivity index (χ0) is 21.2. The molecule has 4 aromatic rings. The Balaban J connectivity index is 1.34. The van der Waals surface area contributed by atoms with Gasteiger partial charge in [-0.3, -0.25) is 9.59 Å². The van der Waals surface area contributed by atoms with E-state index in [-0.39, 0.29) is 11.7 Å². The summed E-state index contributed by atoms with van der Waals surface area (Å²) in [6.45, 7) is 0.799. The lowest BCUT2D eigenvalue weighted by atomic mass is 10.1. The number of thioether (sulfide) groups is 1. The van der Waals surface area contributed by atoms with Crippen molar-refractivity contribution in [3.63, 3.8) is 0 Å². The number of nitrogens with one attached hydrogen (secondary N) is 1. The first-order valence-electron chi connectivity index (χ1n) is 10.3. The average Bonchev–Trinajstić information content (AvgIpc) is 3.35. The molecule has 1 amide bonds. The zero-order valence-corrected chi connectivity index (χ0v) is 17.7. The molecule has 31 heavy (non-hydrogen) atoms. The number of aromatic nitrogens is 2. The van der Waals surface area contributed by atoms with Crippen LogP contribution in [0.25, 0.3) is 11.0 Å². The van der Waals surface area contributed by atoms with Crippen LogP contribution in [0.15, 0.2) is 78.0 Å². The van der Waals surface area contributed by atoms with Gasteiger partial charge in [0.15, 0.2) is 10.9 Å². The third kappa shape index (κ3) is 4.11. The van der Waals surface area contributed by atoms with Gasteiger partial charge in [0.25, 0.3) is 0 Å². The van der Waals surface area contributed by atoms with Crippen molar-refractivity contribution in [3.05, 3.63) is 89.5 Å². The number of nitrogens with zero attached hydrogens (tertiary/aromatic N) is 2. The number of imidazole rings is 1. The molecule has 0 radical (unpaired) electrons. The lowest BCUT2D eigenvalue weighted by Crippen LogP contribution is -2.07. The fraction of sp³-hybridized carbons (Fsp3) is 0.160. The van der Waals surface area contributed by atoms with E-state index in [0.29, 0.717) is 17.7 Å². The number of carbonyl (C=O) groups excluding carboxylic acids is 2. The minimum atomic E-state index is -0.0268. The molecule has 6 heteroatoms. The van der Waals surface area contributed by atoms with Crippen LogP contribution in [0, 0.1) is 0 Å². The molecule has 2 heterocycles. The summed E-state index contributed by atoms with van der Waals surface area (Å²) in [5.41, 5.74) is 5.61. The van der Waals surface area contributed by atoms with E-state index < -0.39 is 0 Å². The van der Waals surface area contributed by atoms with E-state index in [2.05, 4.69) is 40.2 Å². The molecule has 1 N–H and O–H groups in total. The van der Waals surface area contributed by atoms with Gasteiger partial charge >= 0.3 is 0 Å². The number of benzene rings is 3. The second-order valence-electron chi connectivity index (χ2n) is 7.58. The van der Waals surface area contributed by atoms with Crippen LogP contribution in [0.4, 0.5) is 5.69 Å². The minimum absolute atomic E-state index is 0.0268. The van der Waals surface area contributed by atoms with Crippen LogP contribution in [0.5, 0.6) is 0 Å². The largest absolute Gasteiger partial charge is 0.326 e. The first-order valence-corrected chi connectivity index (χ1v) is 11.2. The number of aryl methyl sites for hydroxylation is 2. The topological polar surface area (TPSA) is 64.0 Å². The number of hydrogen-bond donors (Lipinski definition) is 1. The third-order valence-corrected chi connectivity index (χ3v) is 6.45. The first kappa shape index (κ1) is 19.6. The van der Waals surface area contributed by atoms with E-state index in [0.717, 1.165) is 40.4 Å². The Kier molecular flexibility index (Phi) is 5.30. The van der Waals surface area contributed by atoms with E-state index in [1.54, 1.807) is 6.07 Å². The molecular formula is C25H21N3O2S. The summed E-state index contributed by atoms with van der Waals surface area (Å²) in [5, 5.41) is 3.65. The molecule has 0 saturated heterocycles. The molecule has 3 aromatic carbocycles. The van der Waals surface area contributed by atoms with Gasteiger partial charge in [0, 0.05) is 17.8 Å². The summed E-state index contributed by atoms with van der Waals surface area (Å²) in [6.07, 6.45) is 1.23. The Morgan fingerprint density at radius 2 is 1.84 bits per heavy atom. The fourth-order valence-electron chi connectivity index (χ4n) is 3.88. The van der Waals surface area contributed by atoms with E-state index in [4.69, 9.17) is 4.98 Å². The molecule has 0 saturated carbocycles. The Bertz CT molecular complexity index is 1280. The number of ketones is 1. The second kappa shape index (κ2) is 8.40. The quantitative estimate of drug-likeness (QED) is 0.342. The van der Waals surface area contributed by atoms with Crippen molar-refractivity contribution in [2.75, 3.05) is 11.1 Å². The number of carbonyl (C=O) groups is 2. The number of anilines is 1. The predicted octanol–water partition coefficient (Wildman–Crippen LogP) is 4.75. The maximum Gasteiger partial charge on any atom is 0.228 e. The summed E-state index contributed by atoms with van der Waals surface area (Å²) in [7, 11) is 0. The van der Waals surface area contributed by atoms with Gasteiger partial charge in [-0.1, -0.05) is 54.2 Å². The second-order valence-corrected chi connectivity index (χ2v) is 8.52. The highest BCUT2D eigenvalue weighted by molar-refractivity contribution is 7.99. The van der Waals surface area contributed by atoms with Crippen LogP contribution in [0.1, 0.15) is 21.5 Å². The van der Waals surface area contributed by atoms with Crippen LogP contribution in [0.2, 0.25) is 0 Å². The minimum Gasteiger partial charge on any atom is -0.326 e. The Labute approximate surface area is 184 Å². The lowest BCUT2D eigenvalue weighted by molar-refractivity contribution is -0.115. The average molecular weight is 428 g/mol. The van der Waals surface area contributed by atoms with E-state index >= 15 is 0 Å². The number of rotatable bonds is 7. The van der Waals surface area contributed by atoms with Gasteiger partial charge in [0.05, 0.1) is 23.2 Å². The van der Waals surface area contributed by atoms with Crippen molar-refractivity contribution in [2.24, 2.45) is 0 Å². The van der Waals surface area contributed by atoms with Gasteiger partial charge in [0.1, 0.15) is 0 Å². The molecule has 1 aliphatic rings. The summed E-state index contributed by atoms with van der Waals surface area (Å²) in [6, 6.07) is 23.9.